The van der Waals surface area contributed by atoms with E-state index in [1.165, 1.54) is 11.3 Å². The number of aryl methyl sites for hydroxylation is 1. The fourth-order valence-electron chi connectivity index (χ4n) is 2.05. The molecule has 0 saturated carbocycles. The Bertz CT molecular complexity index is 598. The van der Waals surface area contributed by atoms with Gasteiger partial charge in [-0.25, -0.2) is 0 Å². The van der Waals surface area contributed by atoms with Crippen molar-refractivity contribution in [3.63, 3.8) is 0 Å². The number of aliphatic hydroxyl groups excluding tert-OH is 1. The minimum absolute atomic E-state index is 0.0336. The molecule has 0 bridgehead atoms. The number of aliphatic hydroxyl groups is 1. The molecule has 3 N–H and O–H groups in total. The van der Waals surface area contributed by atoms with Crippen molar-refractivity contribution in [1.29, 1.82) is 0 Å². The molecule has 1 saturated heterocycles. The van der Waals surface area contributed by atoms with E-state index in [0.29, 0.717) is 24.3 Å². The molecule has 2 amide bonds. The molecule has 1 atom stereocenters. The van der Waals surface area contributed by atoms with Crippen LogP contribution in [0.4, 0.5) is 0 Å². The van der Waals surface area contributed by atoms with Crippen molar-refractivity contribution in [2.75, 3.05) is 13.2 Å². The molecule has 0 radical (unpaired) electrons. The van der Waals surface area contributed by atoms with Crippen molar-refractivity contribution in [1.82, 2.24) is 10.6 Å². The van der Waals surface area contributed by atoms with Crippen LogP contribution in [0.1, 0.15) is 39.4 Å². The predicted octanol–water partition coefficient (Wildman–Crippen LogP) is 0.799. The molecule has 1 aromatic rings. The van der Waals surface area contributed by atoms with Crippen molar-refractivity contribution in [3.8, 4) is 11.8 Å². The molecule has 1 aliphatic heterocycles. The van der Waals surface area contributed by atoms with Crippen molar-refractivity contribution in [3.05, 3.63) is 21.4 Å². The molecule has 0 aliphatic carbocycles. The van der Waals surface area contributed by atoms with E-state index >= 15 is 0 Å². The van der Waals surface area contributed by atoms with E-state index in [-0.39, 0.29) is 24.5 Å². The molecule has 5 nitrogen and oxygen atoms in total. The average Bonchev–Trinajstić information content (AvgIpc) is 3.03. The largest absolute Gasteiger partial charge is 0.395 e. The highest BCUT2D eigenvalue weighted by molar-refractivity contribution is 7.14. The number of carbonyl (C=O) groups excluding carboxylic acids is 2. The number of rotatable bonds is 4. The van der Waals surface area contributed by atoms with Gasteiger partial charge in [0, 0.05) is 25.4 Å². The maximum absolute atomic E-state index is 12.1. The van der Waals surface area contributed by atoms with Gasteiger partial charge in [-0.3, -0.25) is 9.59 Å². The van der Waals surface area contributed by atoms with E-state index < -0.39 is 0 Å². The SMILES string of the molecule is Cc1cc(C(=O)NCC2CCC(=O)N2)sc1C#CCCO. The summed E-state index contributed by atoms with van der Waals surface area (Å²) in [5.41, 5.74) is 0.963. The molecule has 1 aliphatic rings. The molecule has 21 heavy (non-hydrogen) atoms. The molecular formula is C15H18N2O3S. The summed E-state index contributed by atoms with van der Waals surface area (Å²) in [5.74, 6) is 5.73. The van der Waals surface area contributed by atoms with E-state index in [2.05, 4.69) is 22.5 Å². The Labute approximate surface area is 127 Å². The lowest BCUT2D eigenvalue weighted by Crippen LogP contribution is -2.38. The molecule has 1 fully saturated rings. The van der Waals surface area contributed by atoms with E-state index in [1.807, 2.05) is 13.0 Å². The van der Waals surface area contributed by atoms with E-state index in [4.69, 9.17) is 5.11 Å². The first-order valence-corrected chi connectivity index (χ1v) is 7.69. The van der Waals surface area contributed by atoms with Gasteiger partial charge in [-0.1, -0.05) is 11.8 Å². The standard InChI is InChI=1S/C15H18N2O3S/c1-10-8-13(21-12(10)4-2-3-7-18)15(20)16-9-11-5-6-14(19)17-11/h8,11,18H,3,5-7,9H2,1H3,(H,16,20)(H,17,19). The van der Waals surface area contributed by atoms with Crippen LogP contribution in [0, 0.1) is 18.8 Å². The van der Waals surface area contributed by atoms with Gasteiger partial charge in [-0.05, 0) is 25.0 Å². The number of carbonyl (C=O) groups is 2. The zero-order chi connectivity index (χ0) is 15.2. The summed E-state index contributed by atoms with van der Waals surface area (Å²) < 4.78 is 0. The molecule has 0 aromatic carbocycles. The zero-order valence-electron chi connectivity index (χ0n) is 11.9. The van der Waals surface area contributed by atoms with Gasteiger partial charge < -0.3 is 15.7 Å². The Morgan fingerprint density at radius 1 is 1.62 bits per heavy atom. The normalized spacial score (nSPS) is 17.0. The van der Waals surface area contributed by atoms with Crippen LogP contribution in [-0.4, -0.2) is 36.1 Å². The van der Waals surface area contributed by atoms with Crippen LogP contribution in [-0.2, 0) is 4.79 Å². The van der Waals surface area contributed by atoms with Crippen LogP contribution in [0.25, 0.3) is 0 Å². The van der Waals surface area contributed by atoms with E-state index in [9.17, 15) is 9.59 Å². The molecule has 0 spiro atoms. The molecule has 1 aromatic heterocycles. The molecular weight excluding hydrogens is 288 g/mol. The lowest BCUT2D eigenvalue weighted by atomic mass is 10.2. The monoisotopic (exact) mass is 306 g/mol. The second-order valence-corrected chi connectivity index (χ2v) is 5.96. The highest BCUT2D eigenvalue weighted by atomic mass is 32.1. The Morgan fingerprint density at radius 3 is 3.10 bits per heavy atom. The first kappa shape index (κ1) is 15.5. The third-order valence-electron chi connectivity index (χ3n) is 3.17. The first-order valence-electron chi connectivity index (χ1n) is 6.88. The molecule has 1 unspecified atom stereocenters. The summed E-state index contributed by atoms with van der Waals surface area (Å²) >= 11 is 1.35. The smallest absolute Gasteiger partial charge is 0.261 e. The fraction of sp³-hybridized carbons (Fsp3) is 0.467. The maximum Gasteiger partial charge on any atom is 0.261 e. The Morgan fingerprint density at radius 2 is 2.43 bits per heavy atom. The van der Waals surface area contributed by atoms with Gasteiger partial charge in [0.2, 0.25) is 5.91 Å². The van der Waals surface area contributed by atoms with Gasteiger partial charge in [0.05, 0.1) is 16.4 Å². The summed E-state index contributed by atoms with van der Waals surface area (Å²) in [4.78, 5) is 24.6. The lowest BCUT2D eigenvalue weighted by molar-refractivity contribution is -0.119. The van der Waals surface area contributed by atoms with Gasteiger partial charge in [-0.15, -0.1) is 11.3 Å². The number of nitrogens with one attached hydrogen (secondary N) is 2. The van der Waals surface area contributed by atoms with Gasteiger partial charge in [0.25, 0.3) is 5.91 Å². The van der Waals surface area contributed by atoms with Crippen LogP contribution < -0.4 is 10.6 Å². The van der Waals surface area contributed by atoms with Crippen LogP contribution in [0.5, 0.6) is 0 Å². The minimum Gasteiger partial charge on any atom is -0.395 e. The second kappa shape index (κ2) is 7.25. The summed E-state index contributed by atoms with van der Waals surface area (Å²) in [7, 11) is 0. The molecule has 2 heterocycles. The van der Waals surface area contributed by atoms with Crippen molar-refractivity contribution >= 4 is 23.2 Å². The topological polar surface area (TPSA) is 78.4 Å². The summed E-state index contributed by atoms with van der Waals surface area (Å²) in [5, 5.41) is 14.4. The summed E-state index contributed by atoms with van der Waals surface area (Å²) in [6.07, 6.45) is 1.73. The van der Waals surface area contributed by atoms with Crippen molar-refractivity contribution in [2.45, 2.75) is 32.2 Å². The third kappa shape index (κ3) is 4.31. The highest BCUT2D eigenvalue weighted by Crippen LogP contribution is 2.21. The highest BCUT2D eigenvalue weighted by Gasteiger charge is 2.21. The van der Waals surface area contributed by atoms with Crippen LogP contribution >= 0.6 is 11.3 Å². The van der Waals surface area contributed by atoms with Crippen LogP contribution in [0.2, 0.25) is 0 Å². The molecule has 2 rings (SSSR count). The lowest BCUT2D eigenvalue weighted by Gasteiger charge is -2.10. The maximum atomic E-state index is 12.1. The number of thiophene rings is 1. The van der Waals surface area contributed by atoms with Crippen LogP contribution in [0.15, 0.2) is 6.07 Å². The van der Waals surface area contributed by atoms with Gasteiger partial charge in [0.1, 0.15) is 0 Å². The number of hydrogen-bond acceptors (Lipinski definition) is 4. The van der Waals surface area contributed by atoms with Gasteiger partial charge in [-0.2, -0.15) is 0 Å². The fourth-order valence-corrected chi connectivity index (χ4v) is 3.01. The Balaban J connectivity index is 1.92. The summed E-state index contributed by atoms with van der Waals surface area (Å²) in [6, 6.07) is 1.85. The Kier molecular flexibility index (Phi) is 5.37. The zero-order valence-corrected chi connectivity index (χ0v) is 12.7. The molecule has 6 heteroatoms. The minimum atomic E-state index is -0.139. The van der Waals surface area contributed by atoms with Crippen molar-refractivity contribution < 1.29 is 14.7 Å². The number of hydrogen-bond donors (Lipinski definition) is 3. The van der Waals surface area contributed by atoms with Crippen molar-refractivity contribution in [2.24, 2.45) is 0 Å². The Hall–Kier alpha value is -1.84. The average molecular weight is 306 g/mol. The van der Waals surface area contributed by atoms with Gasteiger partial charge in [0.15, 0.2) is 0 Å². The van der Waals surface area contributed by atoms with Crippen LogP contribution in [0.3, 0.4) is 0 Å². The quantitative estimate of drug-likeness (QED) is 0.720. The summed E-state index contributed by atoms with van der Waals surface area (Å²) in [6.45, 7) is 2.40. The third-order valence-corrected chi connectivity index (χ3v) is 4.33. The molecule has 112 valence electrons. The second-order valence-electron chi connectivity index (χ2n) is 4.91. The predicted molar refractivity (Wildman–Crippen MR) is 81.1 cm³/mol. The number of amides is 2. The van der Waals surface area contributed by atoms with E-state index in [0.717, 1.165) is 16.9 Å². The van der Waals surface area contributed by atoms with E-state index in [1.54, 1.807) is 0 Å². The van der Waals surface area contributed by atoms with Gasteiger partial charge >= 0.3 is 0 Å². The first-order chi connectivity index (χ1) is 10.1.